The lowest BCUT2D eigenvalue weighted by Crippen LogP contribution is -2.35. The fraction of sp³-hybridized carbons (Fsp3) is 0.533. The Bertz CT molecular complexity index is 493. The predicted molar refractivity (Wildman–Crippen MR) is 70.2 cm³/mol. The summed E-state index contributed by atoms with van der Waals surface area (Å²) in [5.74, 6) is 1.34. The number of hydrogen-bond donors (Lipinski definition) is 1. The summed E-state index contributed by atoms with van der Waals surface area (Å²) in [5, 5.41) is 3.30. The summed E-state index contributed by atoms with van der Waals surface area (Å²) in [6, 6.07) is 6.22. The van der Waals surface area contributed by atoms with Gasteiger partial charge in [-0.05, 0) is 11.6 Å². The van der Waals surface area contributed by atoms with Gasteiger partial charge in [-0.2, -0.15) is 0 Å². The molecule has 1 atom stereocenters. The molecule has 1 unspecified atom stereocenters. The number of ether oxygens (including phenoxy) is 1. The normalized spacial score (nSPS) is 25.7. The number of rotatable bonds is 1. The van der Waals surface area contributed by atoms with Gasteiger partial charge in [-0.15, -0.1) is 0 Å². The molecule has 96 valence electrons. The first kappa shape index (κ1) is 11.7. The molecule has 0 spiro atoms. The van der Waals surface area contributed by atoms with Gasteiger partial charge in [0.05, 0.1) is 12.5 Å². The summed E-state index contributed by atoms with van der Waals surface area (Å²) >= 11 is 0. The van der Waals surface area contributed by atoms with Crippen molar-refractivity contribution in [3.63, 3.8) is 0 Å². The average molecular weight is 245 g/mol. The van der Waals surface area contributed by atoms with Crippen LogP contribution in [0.1, 0.15) is 37.3 Å². The zero-order valence-corrected chi connectivity index (χ0v) is 11.0. The average Bonchev–Trinajstić information content (AvgIpc) is 2.66. The van der Waals surface area contributed by atoms with Crippen LogP contribution >= 0.6 is 0 Å². The van der Waals surface area contributed by atoms with E-state index in [1.807, 2.05) is 12.1 Å². The van der Waals surface area contributed by atoms with Gasteiger partial charge in [0.15, 0.2) is 0 Å². The summed E-state index contributed by atoms with van der Waals surface area (Å²) < 4.78 is 5.68. The van der Waals surface area contributed by atoms with Crippen LogP contribution in [0.4, 0.5) is 0 Å². The highest BCUT2D eigenvalue weighted by Crippen LogP contribution is 2.40. The van der Waals surface area contributed by atoms with Crippen LogP contribution in [0.2, 0.25) is 0 Å². The maximum atomic E-state index is 12.0. The Labute approximate surface area is 108 Å². The SMILES string of the molecule is CC1(C)COc2ccc(C3CNCCC3=O)cc21. The molecule has 0 aromatic heterocycles. The van der Waals surface area contributed by atoms with Crippen molar-refractivity contribution in [2.75, 3.05) is 19.7 Å². The highest BCUT2D eigenvalue weighted by molar-refractivity contribution is 5.87. The van der Waals surface area contributed by atoms with Gasteiger partial charge in [-0.25, -0.2) is 0 Å². The first-order valence-corrected chi connectivity index (χ1v) is 6.58. The molecular formula is C15H19NO2. The van der Waals surface area contributed by atoms with E-state index in [1.165, 1.54) is 5.56 Å². The number of hydrogen-bond acceptors (Lipinski definition) is 3. The molecule has 2 heterocycles. The molecule has 18 heavy (non-hydrogen) atoms. The van der Waals surface area contributed by atoms with Crippen molar-refractivity contribution >= 4 is 5.78 Å². The quantitative estimate of drug-likeness (QED) is 0.822. The predicted octanol–water partition coefficient (Wildman–Crippen LogP) is 2.00. The fourth-order valence-electron chi connectivity index (χ4n) is 2.80. The second-order valence-corrected chi connectivity index (χ2v) is 5.90. The van der Waals surface area contributed by atoms with Crippen molar-refractivity contribution in [3.8, 4) is 5.75 Å². The van der Waals surface area contributed by atoms with Crippen molar-refractivity contribution in [3.05, 3.63) is 29.3 Å². The number of carbonyl (C=O) groups is 1. The van der Waals surface area contributed by atoms with Gasteiger partial charge in [-0.1, -0.05) is 26.0 Å². The number of Topliss-reactive ketones (excluding diaryl/α,β-unsaturated/α-hetero) is 1. The van der Waals surface area contributed by atoms with Crippen LogP contribution in [-0.2, 0) is 10.2 Å². The molecule has 1 aromatic carbocycles. The Morgan fingerprint density at radius 3 is 3.00 bits per heavy atom. The molecule has 0 radical (unpaired) electrons. The number of nitrogens with one attached hydrogen (secondary N) is 1. The van der Waals surface area contributed by atoms with Gasteiger partial charge < -0.3 is 10.1 Å². The zero-order valence-electron chi connectivity index (χ0n) is 11.0. The Morgan fingerprint density at radius 2 is 2.22 bits per heavy atom. The molecule has 0 amide bonds. The Kier molecular flexibility index (Phi) is 2.67. The Balaban J connectivity index is 1.97. The molecule has 3 heteroatoms. The van der Waals surface area contributed by atoms with Crippen molar-refractivity contribution in [1.82, 2.24) is 5.32 Å². The molecule has 3 rings (SSSR count). The molecule has 0 saturated carbocycles. The van der Waals surface area contributed by atoms with E-state index in [0.717, 1.165) is 31.0 Å². The van der Waals surface area contributed by atoms with E-state index in [0.29, 0.717) is 12.2 Å². The number of benzene rings is 1. The second kappa shape index (κ2) is 4.09. The van der Waals surface area contributed by atoms with E-state index in [1.54, 1.807) is 0 Å². The number of carbonyl (C=O) groups excluding carboxylic acids is 1. The van der Waals surface area contributed by atoms with Crippen LogP contribution in [0.25, 0.3) is 0 Å². The summed E-state index contributed by atoms with van der Waals surface area (Å²) in [4.78, 5) is 12.0. The summed E-state index contributed by atoms with van der Waals surface area (Å²) in [5.41, 5.74) is 2.42. The molecule has 3 nitrogen and oxygen atoms in total. The second-order valence-electron chi connectivity index (χ2n) is 5.90. The number of ketones is 1. The van der Waals surface area contributed by atoms with Crippen molar-refractivity contribution in [1.29, 1.82) is 0 Å². The minimum atomic E-state index is 0.0143. The van der Waals surface area contributed by atoms with Crippen LogP contribution in [-0.4, -0.2) is 25.5 Å². The molecule has 1 aromatic rings. The number of fused-ring (bicyclic) bond motifs is 1. The van der Waals surface area contributed by atoms with Crippen LogP contribution in [0.5, 0.6) is 5.75 Å². The van der Waals surface area contributed by atoms with Crippen LogP contribution in [0.3, 0.4) is 0 Å². The van der Waals surface area contributed by atoms with Crippen LogP contribution in [0.15, 0.2) is 18.2 Å². The standard InChI is InChI=1S/C15H19NO2/c1-15(2)9-18-14-4-3-10(7-12(14)15)11-8-16-6-5-13(11)17/h3-4,7,11,16H,5-6,8-9H2,1-2H3. The van der Waals surface area contributed by atoms with Gasteiger partial charge in [0.2, 0.25) is 0 Å². The van der Waals surface area contributed by atoms with Gasteiger partial charge in [0.1, 0.15) is 11.5 Å². The van der Waals surface area contributed by atoms with Crippen LogP contribution in [0, 0.1) is 0 Å². The smallest absolute Gasteiger partial charge is 0.142 e. The maximum absolute atomic E-state index is 12.0. The fourth-order valence-corrected chi connectivity index (χ4v) is 2.80. The minimum absolute atomic E-state index is 0.0143. The first-order valence-electron chi connectivity index (χ1n) is 6.58. The lowest BCUT2D eigenvalue weighted by atomic mass is 9.83. The largest absolute Gasteiger partial charge is 0.492 e. The van der Waals surface area contributed by atoms with Gasteiger partial charge in [0, 0.05) is 30.5 Å². The Hall–Kier alpha value is -1.35. The van der Waals surface area contributed by atoms with Crippen LogP contribution < -0.4 is 10.1 Å². The molecule has 1 N–H and O–H groups in total. The third kappa shape index (κ3) is 1.83. The Morgan fingerprint density at radius 1 is 1.39 bits per heavy atom. The van der Waals surface area contributed by atoms with Gasteiger partial charge in [0.25, 0.3) is 0 Å². The third-order valence-corrected chi connectivity index (χ3v) is 4.01. The molecule has 2 aliphatic rings. The van der Waals surface area contributed by atoms with Crippen molar-refractivity contribution in [2.45, 2.75) is 31.6 Å². The highest BCUT2D eigenvalue weighted by Gasteiger charge is 2.33. The monoisotopic (exact) mass is 245 g/mol. The molecule has 1 fully saturated rings. The lowest BCUT2D eigenvalue weighted by molar-refractivity contribution is -0.121. The first-order chi connectivity index (χ1) is 8.58. The summed E-state index contributed by atoms with van der Waals surface area (Å²) in [7, 11) is 0. The maximum Gasteiger partial charge on any atom is 0.142 e. The molecule has 0 aliphatic carbocycles. The van der Waals surface area contributed by atoms with Crippen molar-refractivity contribution in [2.24, 2.45) is 0 Å². The van der Waals surface area contributed by atoms with Gasteiger partial charge in [-0.3, -0.25) is 4.79 Å². The summed E-state index contributed by atoms with van der Waals surface area (Å²) in [6.45, 7) is 6.67. The van der Waals surface area contributed by atoms with E-state index < -0.39 is 0 Å². The van der Waals surface area contributed by atoms with E-state index in [2.05, 4.69) is 25.2 Å². The molecule has 0 bridgehead atoms. The van der Waals surface area contributed by atoms with Crippen molar-refractivity contribution < 1.29 is 9.53 Å². The van der Waals surface area contributed by atoms with E-state index in [9.17, 15) is 4.79 Å². The molecular weight excluding hydrogens is 226 g/mol. The molecule has 2 aliphatic heterocycles. The van der Waals surface area contributed by atoms with Gasteiger partial charge >= 0.3 is 0 Å². The zero-order chi connectivity index (χ0) is 12.8. The summed E-state index contributed by atoms with van der Waals surface area (Å²) in [6.07, 6.45) is 0.641. The molecule has 1 saturated heterocycles. The lowest BCUT2D eigenvalue weighted by Gasteiger charge is -2.23. The number of piperidine rings is 1. The van der Waals surface area contributed by atoms with E-state index in [-0.39, 0.29) is 11.3 Å². The topological polar surface area (TPSA) is 38.3 Å². The van der Waals surface area contributed by atoms with E-state index >= 15 is 0 Å². The minimum Gasteiger partial charge on any atom is -0.492 e. The van der Waals surface area contributed by atoms with E-state index in [4.69, 9.17) is 4.74 Å². The third-order valence-electron chi connectivity index (χ3n) is 4.01. The highest BCUT2D eigenvalue weighted by atomic mass is 16.5.